The van der Waals surface area contributed by atoms with E-state index in [2.05, 4.69) is 31.2 Å². The molecule has 0 spiro atoms. The molecule has 0 aliphatic heterocycles. The molecule has 2 aromatic rings. The van der Waals surface area contributed by atoms with E-state index in [4.69, 9.17) is 0 Å². The summed E-state index contributed by atoms with van der Waals surface area (Å²) in [5.41, 5.74) is 2.43. The number of amides is 1. The topological polar surface area (TPSA) is 54.9 Å². The van der Waals surface area contributed by atoms with Gasteiger partial charge in [-0.15, -0.1) is 0 Å². The Balaban J connectivity index is 1.71. The zero-order chi connectivity index (χ0) is 14.7. The first-order chi connectivity index (χ1) is 10.2. The third-order valence-electron chi connectivity index (χ3n) is 4.30. The van der Waals surface area contributed by atoms with Gasteiger partial charge in [-0.2, -0.15) is 0 Å². The molecule has 5 heteroatoms. The second-order valence-electron chi connectivity index (χ2n) is 5.78. The molecule has 21 heavy (non-hydrogen) atoms. The van der Waals surface area contributed by atoms with Crippen LogP contribution in [0.3, 0.4) is 0 Å². The Labute approximate surface area is 132 Å². The van der Waals surface area contributed by atoms with Crippen LogP contribution in [-0.2, 0) is 0 Å². The predicted molar refractivity (Wildman–Crippen MR) is 86.6 cm³/mol. The molecule has 110 valence electrons. The van der Waals surface area contributed by atoms with Crippen molar-refractivity contribution in [3.8, 4) is 0 Å². The number of rotatable bonds is 4. The van der Waals surface area contributed by atoms with Crippen LogP contribution in [0.4, 0.5) is 0 Å². The van der Waals surface area contributed by atoms with Gasteiger partial charge < -0.3 is 5.32 Å². The summed E-state index contributed by atoms with van der Waals surface area (Å²) >= 11 is 3.60. The molecule has 0 atom stereocenters. The quantitative estimate of drug-likeness (QED) is 0.863. The molecule has 0 saturated heterocycles. The largest absolute Gasteiger partial charge is 0.351 e. The van der Waals surface area contributed by atoms with E-state index in [9.17, 15) is 4.79 Å². The molecule has 1 aromatic heterocycles. The van der Waals surface area contributed by atoms with E-state index in [-0.39, 0.29) is 11.3 Å². The van der Waals surface area contributed by atoms with Crippen molar-refractivity contribution in [2.24, 2.45) is 5.41 Å². The number of nitrogens with zero attached hydrogens (tertiary/aromatic N) is 2. The summed E-state index contributed by atoms with van der Waals surface area (Å²) in [6.07, 6.45) is 8.17. The van der Waals surface area contributed by atoms with E-state index < -0.39 is 0 Å². The van der Waals surface area contributed by atoms with Crippen molar-refractivity contribution in [1.82, 2.24) is 15.3 Å². The SMILES string of the molecule is O=C(NCC1(CBr)CCCC1)c1ccc2nccnc2c1. The maximum absolute atomic E-state index is 12.3. The first kappa shape index (κ1) is 14.4. The van der Waals surface area contributed by atoms with Gasteiger partial charge in [-0.3, -0.25) is 14.8 Å². The highest BCUT2D eigenvalue weighted by atomic mass is 79.9. The molecule has 1 N–H and O–H groups in total. The van der Waals surface area contributed by atoms with Crippen LogP contribution in [0.15, 0.2) is 30.6 Å². The summed E-state index contributed by atoms with van der Waals surface area (Å²) in [5, 5.41) is 4.03. The van der Waals surface area contributed by atoms with E-state index in [0.29, 0.717) is 5.56 Å². The number of aromatic nitrogens is 2. The van der Waals surface area contributed by atoms with Crippen LogP contribution in [-0.4, -0.2) is 27.7 Å². The Hall–Kier alpha value is -1.49. The fourth-order valence-electron chi connectivity index (χ4n) is 2.96. The Bertz CT molecular complexity index is 653. The molecule has 1 fully saturated rings. The van der Waals surface area contributed by atoms with Gasteiger partial charge in [-0.1, -0.05) is 28.8 Å². The van der Waals surface area contributed by atoms with Crippen molar-refractivity contribution >= 4 is 32.9 Å². The Kier molecular flexibility index (Phi) is 4.19. The van der Waals surface area contributed by atoms with Gasteiger partial charge in [0.15, 0.2) is 0 Å². The standard InChI is InChI=1S/C16H18BrN3O/c17-10-16(5-1-2-6-16)11-20-15(21)12-3-4-13-14(9-12)19-8-7-18-13/h3-4,7-9H,1-2,5-6,10-11H2,(H,20,21). The molecule has 3 rings (SSSR count). The number of alkyl halides is 1. The molecule has 1 amide bonds. The van der Waals surface area contributed by atoms with Gasteiger partial charge in [0.1, 0.15) is 0 Å². The molecule has 0 radical (unpaired) electrons. The molecular formula is C16H18BrN3O. The van der Waals surface area contributed by atoms with Gasteiger partial charge in [-0.05, 0) is 36.5 Å². The summed E-state index contributed by atoms with van der Waals surface area (Å²) in [6.45, 7) is 0.732. The second-order valence-corrected chi connectivity index (χ2v) is 6.34. The maximum atomic E-state index is 12.3. The van der Waals surface area contributed by atoms with E-state index in [0.717, 1.165) is 22.9 Å². The molecule has 1 heterocycles. The monoisotopic (exact) mass is 347 g/mol. The maximum Gasteiger partial charge on any atom is 0.251 e. The first-order valence-corrected chi connectivity index (χ1v) is 8.40. The van der Waals surface area contributed by atoms with Crippen LogP contribution in [0.5, 0.6) is 0 Å². The average Bonchev–Trinajstić information content (AvgIpc) is 3.01. The molecular weight excluding hydrogens is 330 g/mol. The van der Waals surface area contributed by atoms with Crippen molar-refractivity contribution in [3.05, 3.63) is 36.2 Å². The highest BCUT2D eigenvalue weighted by Crippen LogP contribution is 2.38. The molecule has 1 saturated carbocycles. The Morgan fingerprint density at radius 3 is 2.62 bits per heavy atom. The van der Waals surface area contributed by atoms with Crippen molar-refractivity contribution in [3.63, 3.8) is 0 Å². The van der Waals surface area contributed by atoms with Gasteiger partial charge in [-0.25, -0.2) is 0 Å². The number of nitrogens with one attached hydrogen (secondary N) is 1. The minimum Gasteiger partial charge on any atom is -0.351 e. The Morgan fingerprint density at radius 1 is 1.19 bits per heavy atom. The third kappa shape index (κ3) is 3.07. The predicted octanol–water partition coefficient (Wildman–Crippen LogP) is 3.31. The summed E-state index contributed by atoms with van der Waals surface area (Å²) in [7, 11) is 0. The molecule has 1 aromatic carbocycles. The summed E-state index contributed by atoms with van der Waals surface area (Å²) < 4.78 is 0. The van der Waals surface area contributed by atoms with Gasteiger partial charge in [0, 0.05) is 29.8 Å². The number of hydrogen-bond donors (Lipinski definition) is 1. The van der Waals surface area contributed by atoms with Crippen LogP contribution in [0.1, 0.15) is 36.0 Å². The summed E-state index contributed by atoms with van der Waals surface area (Å²) in [6, 6.07) is 5.45. The number of carbonyl (C=O) groups is 1. The minimum absolute atomic E-state index is 0.0326. The fourth-order valence-corrected chi connectivity index (χ4v) is 3.72. The normalized spacial score (nSPS) is 17.0. The van der Waals surface area contributed by atoms with Gasteiger partial charge >= 0.3 is 0 Å². The highest BCUT2D eigenvalue weighted by Gasteiger charge is 2.33. The zero-order valence-electron chi connectivity index (χ0n) is 11.8. The first-order valence-electron chi connectivity index (χ1n) is 7.27. The van der Waals surface area contributed by atoms with Crippen LogP contribution in [0, 0.1) is 5.41 Å². The average molecular weight is 348 g/mol. The van der Waals surface area contributed by atoms with Crippen LogP contribution in [0.25, 0.3) is 11.0 Å². The number of carbonyl (C=O) groups excluding carboxylic acids is 1. The third-order valence-corrected chi connectivity index (χ3v) is 5.49. The molecule has 0 bridgehead atoms. The van der Waals surface area contributed by atoms with Crippen molar-refractivity contribution in [2.45, 2.75) is 25.7 Å². The zero-order valence-corrected chi connectivity index (χ0v) is 13.4. The molecule has 4 nitrogen and oxygen atoms in total. The van der Waals surface area contributed by atoms with Crippen molar-refractivity contribution in [2.75, 3.05) is 11.9 Å². The molecule has 1 aliphatic rings. The van der Waals surface area contributed by atoms with Crippen LogP contribution in [0.2, 0.25) is 0 Å². The van der Waals surface area contributed by atoms with Gasteiger partial charge in [0.25, 0.3) is 5.91 Å². The van der Waals surface area contributed by atoms with E-state index >= 15 is 0 Å². The van der Waals surface area contributed by atoms with Crippen LogP contribution < -0.4 is 5.32 Å². The number of benzene rings is 1. The lowest BCUT2D eigenvalue weighted by atomic mass is 9.89. The second kappa shape index (κ2) is 6.10. The molecule has 1 aliphatic carbocycles. The van der Waals surface area contributed by atoms with E-state index in [1.165, 1.54) is 25.7 Å². The van der Waals surface area contributed by atoms with Gasteiger partial charge in [0.05, 0.1) is 11.0 Å². The number of fused-ring (bicyclic) bond motifs is 1. The highest BCUT2D eigenvalue weighted by molar-refractivity contribution is 9.09. The van der Waals surface area contributed by atoms with Crippen LogP contribution >= 0.6 is 15.9 Å². The number of hydrogen-bond acceptors (Lipinski definition) is 3. The minimum atomic E-state index is -0.0326. The summed E-state index contributed by atoms with van der Waals surface area (Å²) in [5.74, 6) is -0.0326. The lowest BCUT2D eigenvalue weighted by Crippen LogP contribution is -2.37. The van der Waals surface area contributed by atoms with Gasteiger partial charge in [0.2, 0.25) is 0 Å². The number of halogens is 1. The molecule has 0 unspecified atom stereocenters. The van der Waals surface area contributed by atoms with E-state index in [1.54, 1.807) is 18.5 Å². The lowest BCUT2D eigenvalue weighted by molar-refractivity contribution is 0.0935. The summed E-state index contributed by atoms with van der Waals surface area (Å²) in [4.78, 5) is 20.8. The smallest absolute Gasteiger partial charge is 0.251 e. The van der Waals surface area contributed by atoms with Crippen molar-refractivity contribution in [1.29, 1.82) is 0 Å². The Morgan fingerprint density at radius 2 is 1.90 bits per heavy atom. The lowest BCUT2D eigenvalue weighted by Gasteiger charge is -2.26. The fraction of sp³-hybridized carbons (Fsp3) is 0.438. The van der Waals surface area contributed by atoms with E-state index in [1.807, 2.05) is 12.1 Å². The van der Waals surface area contributed by atoms with Crippen molar-refractivity contribution < 1.29 is 4.79 Å².